The molecule has 2 heterocycles. The zero-order valence-electron chi connectivity index (χ0n) is 12.8. The minimum absolute atomic E-state index is 0.0155. The van der Waals surface area contributed by atoms with E-state index in [0.29, 0.717) is 11.4 Å². The number of aromatic nitrogens is 3. The van der Waals surface area contributed by atoms with Crippen molar-refractivity contribution in [2.75, 3.05) is 7.11 Å². The molecule has 0 aliphatic heterocycles. The summed E-state index contributed by atoms with van der Waals surface area (Å²) in [5.41, 5.74) is -0.129. The molecule has 2 aromatic carbocycles. The van der Waals surface area contributed by atoms with Crippen LogP contribution in [0.3, 0.4) is 0 Å². The van der Waals surface area contributed by atoms with Crippen LogP contribution in [0.15, 0.2) is 41.3 Å². The highest BCUT2D eigenvalue weighted by Gasteiger charge is 2.19. The minimum Gasteiger partial charge on any atom is -0.497 e. The second-order valence-corrected chi connectivity index (χ2v) is 5.38. The summed E-state index contributed by atoms with van der Waals surface area (Å²) in [4.78, 5) is 16.3. The number of H-pyrrole nitrogens is 1. The molecule has 4 rings (SSSR count). The van der Waals surface area contributed by atoms with Gasteiger partial charge in [-0.25, -0.2) is 17.9 Å². The van der Waals surface area contributed by atoms with Crippen molar-refractivity contribution in [2.24, 2.45) is 0 Å². The van der Waals surface area contributed by atoms with Crippen LogP contribution in [0.5, 0.6) is 5.75 Å². The highest BCUT2D eigenvalue weighted by molar-refractivity contribution is 6.03. The van der Waals surface area contributed by atoms with Gasteiger partial charge in [0.05, 0.1) is 23.7 Å². The third-order valence-electron chi connectivity index (χ3n) is 3.99. The van der Waals surface area contributed by atoms with E-state index in [1.54, 1.807) is 24.3 Å². The van der Waals surface area contributed by atoms with Gasteiger partial charge in [0.2, 0.25) is 0 Å². The van der Waals surface area contributed by atoms with Gasteiger partial charge in [0, 0.05) is 11.6 Å². The van der Waals surface area contributed by atoms with Crippen molar-refractivity contribution in [1.29, 1.82) is 0 Å². The first kappa shape index (κ1) is 15.3. The van der Waals surface area contributed by atoms with E-state index < -0.39 is 23.0 Å². The Kier molecular flexibility index (Phi) is 3.28. The SMILES string of the molecule is COc1ccc(-n2[nH]c3c(cnc4c(F)c(F)c(F)cc43)c2=O)cc1. The highest BCUT2D eigenvalue weighted by atomic mass is 19.2. The maximum atomic E-state index is 13.9. The molecule has 0 unspecified atom stereocenters. The van der Waals surface area contributed by atoms with Crippen molar-refractivity contribution >= 4 is 21.8 Å². The van der Waals surface area contributed by atoms with Crippen LogP contribution < -0.4 is 10.3 Å². The number of pyridine rings is 1. The highest BCUT2D eigenvalue weighted by Crippen LogP contribution is 2.26. The molecule has 5 nitrogen and oxygen atoms in total. The summed E-state index contributed by atoms with van der Waals surface area (Å²) in [6, 6.07) is 7.44. The molecule has 2 aromatic heterocycles. The first-order chi connectivity index (χ1) is 12.0. The lowest BCUT2D eigenvalue weighted by Crippen LogP contribution is -2.14. The Labute approximate surface area is 138 Å². The second-order valence-electron chi connectivity index (χ2n) is 5.38. The van der Waals surface area contributed by atoms with Gasteiger partial charge < -0.3 is 4.74 Å². The van der Waals surface area contributed by atoms with E-state index in [2.05, 4.69) is 10.1 Å². The Morgan fingerprint density at radius 3 is 2.48 bits per heavy atom. The molecule has 1 N–H and O–H groups in total. The molecule has 0 fully saturated rings. The molecule has 25 heavy (non-hydrogen) atoms. The topological polar surface area (TPSA) is 59.9 Å². The average Bonchev–Trinajstić information content (AvgIpc) is 2.97. The number of hydrogen-bond acceptors (Lipinski definition) is 3. The van der Waals surface area contributed by atoms with Gasteiger partial charge >= 0.3 is 0 Å². The predicted molar refractivity (Wildman–Crippen MR) is 85.6 cm³/mol. The maximum Gasteiger partial charge on any atom is 0.280 e. The molecule has 0 bridgehead atoms. The summed E-state index contributed by atoms with van der Waals surface area (Å²) in [7, 11) is 1.52. The number of fused-ring (bicyclic) bond motifs is 3. The first-order valence-corrected chi connectivity index (χ1v) is 7.22. The number of aromatic amines is 1. The third kappa shape index (κ3) is 2.18. The minimum atomic E-state index is -1.60. The van der Waals surface area contributed by atoms with Crippen LogP contribution in [-0.2, 0) is 0 Å². The van der Waals surface area contributed by atoms with Gasteiger partial charge in [-0.05, 0) is 30.3 Å². The monoisotopic (exact) mass is 345 g/mol. The van der Waals surface area contributed by atoms with E-state index in [4.69, 9.17) is 4.74 Å². The van der Waals surface area contributed by atoms with Crippen LogP contribution in [0.2, 0.25) is 0 Å². The zero-order valence-corrected chi connectivity index (χ0v) is 12.8. The van der Waals surface area contributed by atoms with Crippen LogP contribution >= 0.6 is 0 Å². The molecule has 0 saturated carbocycles. The molecule has 8 heteroatoms. The molecule has 0 radical (unpaired) electrons. The van der Waals surface area contributed by atoms with E-state index in [1.807, 2.05) is 0 Å². The Hall–Kier alpha value is -3.29. The van der Waals surface area contributed by atoms with Crippen molar-refractivity contribution in [3.05, 3.63) is 64.3 Å². The summed E-state index contributed by atoms with van der Waals surface area (Å²) < 4.78 is 47.2. The van der Waals surface area contributed by atoms with Gasteiger partial charge in [0.25, 0.3) is 5.56 Å². The van der Waals surface area contributed by atoms with E-state index in [9.17, 15) is 18.0 Å². The molecule has 0 spiro atoms. The number of benzene rings is 2. The number of hydrogen-bond donors (Lipinski definition) is 1. The summed E-state index contributed by atoms with van der Waals surface area (Å²) >= 11 is 0. The largest absolute Gasteiger partial charge is 0.497 e. The van der Waals surface area contributed by atoms with Gasteiger partial charge in [-0.3, -0.25) is 14.9 Å². The van der Waals surface area contributed by atoms with Gasteiger partial charge in [0.1, 0.15) is 11.3 Å². The first-order valence-electron chi connectivity index (χ1n) is 7.22. The van der Waals surface area contributed by atoms with Crippen molar-refractivity contribution in [2.45, 2.75) is 0 Å². The standard InChI is InChI=1S/C17H10F3N3O2/c1-25-9-4-2-8(3-5-9)23-17(24)11-7-21-16-10(15(11)22-23)6-12(18)13(19)14(16)20/h2-7,22H,1H3. The fourth-order valence-corrected chi connectivity index (χ4v) is 2.72. The summed E-state index contributed by atoms with van der Waals surface area (Å²) in [6.45, 7) is 0. The number of nitrogens with one attached hydrogen (secondary N) is 1. The van der Waals surface area contributed by atoms with Crippen molar-refractivity contribution < 1.29 is 17.9 Å². The lowest BCUT2D eigenvalue weighted by Gasteiger charge is -2.04. The number of methoxy groups -OCH3 is 1. The number of halogens is 3. The lowest BCUT2D eigenvalue weighted by molar-refractivity contribution is 0.414. The Morgan fingerprint density at radius 1 is 1.08 bits per heavy atom. The van der Waals surface area contributed by atoms with E-state index in [0.717, 1.165) is 12.3 Å². The van der Waals surface area contributed by atoms with Crippen LogP contribution in [0.25, 0.3) is 27.5 Å². The normalized spacial score (nSPS) is 11.4. The van der Waals surface area contributed by atoms with Crippen LogP contribution in [0.1, 0.15) is 0 Å². The maximum absolute atomic E-state index is 13.9. The summed E-state index contributed by atoms with van der Waals surface area (Å²) in [5.74, 6) is -3.73. The van der Waals surface area contributed by atoms with E-state index in [-0.39, 0.29) is 21.8 Å². The van der Waals surface area contributed by atoms with Crippen LogP contribution in [-0.4, -0.2) is 21.9 Å². The number of ether oxygens (including phenoxy) is 1. The summed E-state index contributed by atoms with van der Waals surface area (Å²) in [6.07, 6.45) is 1.14. The summed E-state index contributed by atoms with van der Waals surface area (Å²) in [5, 5.41) is 2.92. The van der Waals surface area contributed by atoms with Gasteiger partial charge in [-0.1, -0.05) is 0 Å². The second kappa shape index (κ2) is 5.37. The number of nitrogens with zero attached hydrogens (tertiary/aromatic N) is 2. The molecular weight excluding hydrogens is 335 g/mol. The van der Waals surface area contributed by atoms with Crippen molar-refractivity contribution in [3.8, 4) is 11.4 Å². The molecular formula is C17H10F3N3O2. The van der Waals surface area contributed by atoms with Crippen molar-refractivity contribution in [1.82, 2.24) is 14.8 Å². The predicted octanol–water partition coefficient (Wildman–Crippen LogP) is 3.29. The molecule has 0 amide bonds. The molecule has 0 aliphatic rings. The molecule has 4 aromatic rings. The Bertz CT molecular complexity index is 1180. The fourth-order valence-electron chi connectivity index (χ4n) is 2.72. The van der Waals surface area contributed by atoms with Crippen LogP contribution in [0.4, 0.5) is 13.2 Å². The van der Waals surface area contributed by atoms with Gasteiger partial charge in [-0.2, -0.15) is 0 Å². The molecule has 126 valence electrons. The molecule has 0 aliphatic carbocycles. The van der Waals surface area contributed by atoms with Crippen LogP contribution in [0, 0.1) is 17.5 Å². The quantitative estimate of drug-likeness (QED) is 0.567. The van der Waals surface area contributed by atoms with Gasteiger partial charge in [-0.15, -0.1) is 0 Å². The smallest absolute Gasteiger partial charge is 0.280 e. The fraction of sp³-hybridized carbons (Fsp3) is 0.0588. The zero-order chi connectivity index (χ0) is 17.7. The van der Waals surface area contributed by atoms with Crippen molar-refractivity contribution in [3.63, 3.8) is 0 Å². The van der Waals surface area contributed by atoms with E-state index in [1.165, 1.54) is 11.8 Å². The molecule has 0 saturated heterocycles. The number of rotatable bonds is 2. The third-order valence-corrected chi connectivity index (χ3v) is 3.99. The average molecular weight is 345 g/mol. The Morgan fingerprint density at radius 2 is 1.80 bits per heavy atom. The Balaban J connectivity index is 2.04. The van der Waals surface area contributed by atoms with Gasteiger partial charge in [0.15, 0.2) is 17.5 Å². The molecule has 0 atom stereocenters. The van der Waals surface area contributed by atoms with E-state index >= 15 is 0 Å². The lowest BCUT2D eigenvalue weighted by atomic mass is 10.1.